The molecule has 1 aliphatic carbocycles. The number of halogens is 4. The van der Waals surface area contributed by atoms with E-state index in [0.29, 0.717) is 36.5 Å². The number of fused-ring (bicyclic) bond motifs is 3. The molecule has 2 bridgehead atoms. The Morgan fingerprint density at radius 3 is 2.59 bits per heavy atom. The highest BCUT2D eigenvalue weighted by Gasteiger charge is 2.61. The van der Waals surface area contributed by atoms with Crippen molar-refractivity contribution >= 4 is 41.0 Å². The second kappa shape index (κ2) is 14.2. The number of ether oxygens (including phenoxy) is 1. The van der Waals surface area contributed by atoms with Gasteiger partial charge in [-0.1, -0.05) is 31.5 Å². The lowest BCUT2D eigenvalue weighted by atomic mass is 9.71. The van der Waals surface area contributed by atoms with Gasteiger partial charge in [-0.15, -0.1) is 0 Å². The smallest absolute Gasteiger partial charge is 0.366 e. The Balaban J connectivity index is 1.65. The SMILES string of the molecule is CCOC(=O)/C(F)=C/[C@H](C[C@H]1CCNC1=O)NC(=O)[C@H]1[C@H]2CC[C@H](CC2(F)F)N1C(=O)[C@H](CC(C)C)Nc1cccc(Cl)c1. The number of esters is 1. The maximum Gasteiger partial charge on any atom is 0.366 e. The molecule has 6 atom stereocenters. The van der Waals surface area contributed by atoms with Gasteiger partial charge in [-0.05, 0) is 69.2 Å². The number of nitrogens with zero attached hydrogens (tertiary/aromatic N) is 1. The molecule has 44 heavy (non-hydrogen) atoms. The van der Waals surface area contributed by atoms with Crippen LogP contribution in [-0.4, -0.2) is 71.8 Å². The molecular weight excluding hydrogens is 601 g/mol. The highest BCUT2D eigenvalue weighted by atomic mass is 35.5. The molecule has 3 heterocycles. The van der Waals surface area contributed by atoms with Crippen LogP contribution in [0.4, 0.5) is 18.9 Å². The Labute approximate surface area is 260 Å². The van der Waals surface area contributed by atoms with Crippen LogP contribution in [0.1, 0.15) is 59.3 Å². The van der Waals surface area contributed by atoms with Gasteiger partial charge in [0.25, 0.3) is 5.92 Å². The first-order valence-corrected chi connectivity index (χ1v) is 15.5. The van der Waals surface area contributed by atoms with Crippen molar-refractivity contribution in [2.45, 2.75) is 89.4 Å². The number of carbonyl (C=O) groups is 4. The third-order valence-corrected chi connectivity index (χ3v) is 8.71. The molecule has 0 radical (unpaired) electrons. The summed E-state index contributed by atoms with van der Waals surface area (Å²) < 4.78 is 50.1. The molecular formula is C31H40ClF3N4O5. The number of carbonyl (C=O) groups excluding carboxylic acids is 4. The van der Waals surface area contributed by atoms with E-state index in [1.807, 2.05) is 13.8 Å². The number of piperidine rings is 2. The molecule has 4 aliphatic rings. The van der Waals surface area contributed by atoms with Gasteiger partial charge in [0.05, 0.1) is 18.6 Å². The molecule has 1 aromatic carbocycles. The van der Waals surface area contributed by atoms with E-state index in [1.165, 1.54) is 11.8 Å². The largest absolute Gasteiger partial charge is 0.461 e. The Bertz CT molecular complexity index is 1280. The van der Waals surface area contributed by atoms with Gasteiger partial charge in [-0.2, -0.15) is 4.39 Å². The van der Waals surface area contributed by atoms with Gasteiger partial charge >= 0.3 is 5.97 Å². The molecule has 3 amide bonds. The molecule has 0 aromatic heterocycles. The van der Waals surface area contributed by atoms with Crippen molar-refractivity contribution in [1.82, 2.24) is 15.5 Å². The molecule has 3 N–H and O–H groups in total. The average molecular weight is 641 g/mol. The van der Waals surface area contributed by atoms with Gasteiger partial charge in [-0.25, -0.2) is 13.6 Å². The van der Waals surface area contributed by atoms with Crippen LogP contribution in [0.5, 0.6) is 0 Å². The van der Waals surface area contributed by atoms with E-state index in [1.54, 1.807) is 24.3 Å². The van der Waals surface area contributed by atoms with Crippen LogP contribution in [0.15, 0.2) is 36.2 Å². The zero-order valence-corrected chi connectivity index (χ0v) is 25.8. The number of hydrogen-bond acceptors (Lipinski definition) is 6. The van der Waals surface area contributed by atoms with Crippen LogP contribution in [0, 0.1) is 17.8 Å². The quantitative estimate of drug-likeness (QED) is 0.227. The first-order valence-electron chi connectivity index (χ1n) is 15.1. The Morgan fingerprint density at radius 1 is 1.23 bits per heavy atom. The maximum absolute atomic E-state index is 15.3. The minimum Gasteiger partial charge on any atom is -0.461 e. The van der Waals surface area contributed by atoms with E-state index in [4.69, 9.17) is 16.3 Å². The number of hydrogen-bond donors (Lipinski definition) is 3. The topological polar surface area (TPSA) is 117 Å². The van der Waals surface area contributed by atoms with E-state index in [2.05, 4.69) is 16.0 Å². The highest BCUT2D eigenvalue weighted by Crippen LogP contribution is 2.49. The van der Waals surface area contributed by atoms with Crippen LogP contribution >= 0.6 is 11.6 Å². The lowest BCUT2D eigenvalue weighted by molar-refractivity contribution is -0.194. The predicted molar refractivity (Wildman–Crippen MR) is 159 cm³/mol. The van der Waals surface area contributed by atoms with Crippen molar-refractivity contribution < 1.29 is 37.1 Å². The Hall–Kier alpha value is -3.28. The third-order valence-electron chi connectivity index (χ3n) is 8.48. The zero-order chi connectivity index (χ0) is 32.2. The fourth-order valence-electron chi connectivity index (χ4n) is 6.53. The summed E-state index contributed by atoms with van der Waals surface area (Å²) in [5.41, 5.74) is 0.569. The van der Waals surface area contributed by atoms with E-state index < -0.39 is 72.0 Å². The summed E-state index contributed by atoms with van der Waals surface area (Å²) in [5, 5.41) is 8.90. The summed E-state index contributed by atoms with van der Waals surface area (Å²) in [4.78, 5) is 53.7. The number of alkyl halides is 2. The molecule has 242 valence electrons. The number of rotatable bonds is 12. The molecule has 13 heteroatoms. The lowest BCUT2D eigenvalue weighted by Crippen LogP contribution is -2.70. The number of benzene rings is 1. The van der Waals surface area contributed by atoms with Crippen LogP contribution in [-0.2, 0) is 23.9 Å². The highest BCUT2D eigenvalue weighted by molar-refractivity contribution is 6.30. The van der Waals surface area contributed by atoms with Crippen LogP contribution in [0.25, 0.3) is 0 Å². The molecule has 3 saturated heterocycles. The van der Waals surface area contributed by atoms with Crippen molar-refractivity contribution in [2.24, 2.45) is 17.8 Å². The normalized spacial score (nSPS) is 25.8. The van der Waals surface area contributed by atoms with Crippen molar-refractivity contribution in [3.8, 4) is 0 Å². The summed E-state index contributed by atoms with van der Waals surface area (Å²) in [6, 6.07) is 2.33. The molecule has 5 rings (SSSR count). The third kappa shape index (κ3) is 7.86. The maximum atomic E-state index is 15.3. The zero-order valence-electron chi connectivity index (χ0n) is 25.1. The van der Waals surface area contributed by atoms with Gasteiger partial charge in [0.1, 0.15) is 12.1 Å². The number of anilines is 1. The molecule has 1 aromatic rings. The van der Waals surface area contributed by atoms with Crippen molar-refractivity contribution in [3.63, 3.8) is 0 Å². The summed E-state index contributed by atoms with van der Waals surface area (Å²) >= 11 is 6.14. The molecule has 0 spiro atoms. The van der Waals surface area contributed by atoms with Gasteiger partial charge in [0, 0.05) is 35.6 Å². The van der Waals surface area contributed by atoms with Gasteiger partial charge in [0.2, 0.25) is 23.5 Å². The Kier molecular flexibility index (Phi) is 10.9. The summed E-state index contributed by atoms with van der Waals surface area (Å²) in [7, 11) is 0. The van der Waals surface area contributed by atoms with E-state index in [0.717, 1.165) is 6.08 Å². The van der Waals surface area contributed by atoms with Gasteiger partial charge in [0.15, 0.2) is 0 Å². The van der Waals surface area contributed by atoms with Crippen LogP contribution in [0.2, 0.25) is 5.02 Å². The average Bonchev–Trinajstić information content (AvgIpc) is 3.35. The van der Waals surface area contributed by atoms with E-state index in [9.17, 15) is 23.6 Å². The lowest BCUT2D eigenvalue weighted by Gasteiger charge is -2.54. The molecule has 1 saturated carbocycles. The first-order chi connectivity index (χ1) is 20.8. The van der Waals surface area contributed by atoms with Crippen molar-refractivity contribution in [1.29, 1.82) is 0 Å². The summed E-state index contributed by atoms with van der Waals surface area (Å²) in [6.45, 7) is 5.67. The van der Waals surface area contributed by atoms with Gasteiger partial charge in [-0.3, -0.25) is 14.4 Å². The second-order valence-corrected chi connectivity index (χ2v) is 12.6. The van der Waals surface area contributed by atoms with Crippen molar-refractivity contribution in [2.75, 3.05) is 18.5 Å². The standard InChI is InChI=1S/C31H40ClF3N4O5/c1-4-44-30(43)24(33)15-21(13-18-10-11-36-27(18)40)38-28(41)26-23-9-8-22(16-31(23,34)35)39(26)29(42)25(12-17(2)3)37-20-7-5-6-19(32)14-20/h5-7,14-15,17-18,21-23,25-26,37H,4,8-13,16H2,1-3H3,(H,36,40)(H,38,41)/b24-15-/t18-,21+,22-,23-,25+,26-/m1/s1. The molecule has 9 nitrogen and oxygen atoms in total. The summed E-state index contributed by atoms with van der Waals surface area (Å²) in [6.07, 6.45) is 1.32. The minimum atomic E-state index is -3.21. The predicted octanol–water partition coefficient (Wildman–Crippen LogP) is 4.61. The molecule has 4 fully saturated rings. The Morgan fingerprint density at radius 2 is 1.98 bits per heavy atom. The van der Waals surface area contributed by atoms with Crippen LogP contribution < -0.4 is 16.0 Å². The summed E-state index contributed by atoms with van der Waals surface area (Å²) in [5.74, 6) is -9.42. The van der Waals surface area contributed by atoms with E-state index >= 15 is 8.78 Å². The minimum absolute atomic E-state index is 0.0266. The fourth-order valence-corrected chi connectivity index (χ4v) is 6.72. The number of amides is 3. The van der Waals surface area contributed by atoms with Gasteiger partial charge < -0.3 is 25.6 Å². The first kappa shape index (κ1) is 33.6. The second-order valence-electron chi connectivity index (χ2n) is 12.2. The molecule has 3 aliphatic heterocycles. The van der Waals surface area contributed by atoms with Crippen molar-refractivity contribution in [3.05, 3.63) is 41.2 Å². The molecule has 0 unspecified atom stereocenters. The fraction of sp³-hybridized carbons (Fsp3) is 0.613. The monoisotopic (exact) mass is 640 g/mol. The van der Waals surface area contributed by atoms with E-state index in [-0.39, 0.29) is 31.3 Å². The number of nitrogens with one attached hydrogen (secondary N) is 3. The van der Waals surface area contributed by atoms with Crippen LogP contribution in [0.3, 0.4) is 0 Å².